The van der Waals surface area contributed by atoms with Crippen LogP contribution >= 0.6 is 15.9 Å². The SMILES string of the molecule is CC1Cc2cc(Br)cc(F)c2C(=O)N1. The molecule has 2 rings (SSSR count). The topological polar surface area (TPSA) is 29.1 Å². The van der Waals surface area contributed by atoms with Gasteiger partial charge in [0.05, 0.1) is 5.56 Å². The van der Waals surface area contributed by atoms with Crippen LogP contribution < -0.4 is 5.32 Å². The summed E-state index contributed by atoms with van der Waals surface area (Å²) in [6.07, 6.45) is 0.678. The summed E-state index contributed by atoms with van der Waals surface area (Å²) in [5, 5.41) is 2.70. The Morgan fingerprint density at radius 2 is 2.29 bits per heavy atom. The summed E-state index contributed by atoms with van der Waals surface area (Å²) in [5.74, 6) is -0.775. The average Bonchev–Trinajstić information content (AvgIpc) is 1.99. The summed E-state index contributed by atoms with van der Waals surface area (Å²) < 4.78 is 14.1. The van der Waals surface area contributed by atoms with Crippen LogP contribution in [0.25, 0.3) is 0 Å². The summed E-state index contributed by atoms with van der Waals surface area (Å²) in [7, 11) is 0. The van der Waals surface area contributed by atoms with E-state index in [1.165, 1.54) is 6.07 Å². The van der Waals surface area contributed by atoms with E-state index in [1.807, 2.05) is 6.92 Å². The number of rotatable bonds is 0. The molecule has 0 spiro atoms. The molecule has 1 atom stereocenters. The average molecular weight is 258 g/mol. The lowest BCUT2D eigenvalue weighted by Crippen LogP contribution is -2.39. The Morgan fingerprint density at radius 1 is 1.57 bits per heavy atom. The van der Waals surface area contributed by atoms with Crippen molar-refractivity contribution in [2.75, 3.05) is 0 Å². The zero-order chi connectivity index (χ0) is 10.3. The van der Waals surface area contributed by atoms with Gasteiger partial charge < -0.3 is 5.32 Å². The smallest absolute Gasteiger partial charge is 0.254 e. The van der Waals surface area contributed by atoms with E-state index in [0.717, 1.165) is 5.56 Å². The van der Waals surface area contributed by atoms with Gasteiger partial charge in [0.1, 0.15) is 5.82 Å². The first-order valence-corrected chi connectivity index (χ1v) is 5.16. The number of fused-ring (bicyclic) bond motifs is 1. The maximum absolute atomic E-state index is 13.4. The van der Waals surface area contributed by atoms with Crippen molar-refractivity contribution in [2.45, 2.75) is 19.4 Å². The molecule has 0 saturated carbocycles. The zero-order valence-electron chi connectivity index (χ0n) is 7.60. The highest BCUT2D eigenvalue weighted by molar-refractivity contribution is 9.10. The Morgan fingerprint density at radius 3 is 3.00 bits per heavy atom. The van der Waals surface area contributed by atoms with Crippen LogP contribution in [0.5, 0.6) is 0 Å². The van der Waals surface area contributed by atoms with Crippen molar-refractivity contribution in [3.05, 3.63) is 33.5 Å². The summed E-state index contributed by atoms with van der Waals surface area (Å²) in [6.45, 7) is 1.90. The van der Waals surface area contributed by atoms with Gasteiger partial charge in [-0.25, -0.2) is 4.39 Å². The van der Waals surface area contributed by atoms with Gasteiger partial charge in [-0.1, -0.05) is 15.9 Å². The zero-order valence-corrected chi connectivity index (χ0v) is 9.19. The highest BCUT2D eigenvalue weighted by atomic mass is 79.9. The van der Waals surface area contributed by atoms with Crippen LogP contribution in [0.3, 0.4) is 0 Å². The van der Waals surface area contributed by atoms with Crippen molar-refractivity contribution < 1.29 is 9.18 Å². The van der Waals surface area contributed by atoms with Crippen LogP contribution in [0, 0.1) is 5.82 Å². The van der Waals surface area contributed by atoms with Crippen molar-refractivity contribution in [3.63, 3.8) is 0 Å². The van der Waals surface area contributed by atoms with Crippen LogP contribution in [0.4, 0.5) is 4.39 Å². The van der Waals surface area contributed by atoms with E-state index in [9.17, 15) is 9.18 Å². The third-order valence-corrected chi connectivity index (χ3v) is 2.73. The standard InChI is InChI=1S/C10H9BrFNO/c1-5-2-6-3-7(11)4-8(12)9(6)10(14)13-5/h3-5H,2H2,1H3,(H,13,14). The molecule has 0 fully saturated rings. The quantitative estimate of drug-likeness (QED) is 0.759. The lowest BCUT2D eigenvalue weighted by atomic mass is 9.96. The number of benzene rings is 1. The maximum Gasteiger partial charge on any atom is 0.254 e. The van der Waals surface area contributed by atoms with Gasteiger partial charge in [0.25, 0.3) is 5.91 Å². The summed E-state index contributed by atoms with van der Waals surface area (Å²) in [4.78, 5) is 11.5. The predicted molar refractivity (Wildman–Crippen MR) is 54.7 cm³/mol. The molecule has 1 aliphatic rings. The van der Waals surface area contributed by atoms with E-state index >= 15 is 0 Å². The van der Waals surface area contributed by atoms with E-state index < -0.39 is 5.82 Å². The minimum absolute atomic E-state index is 0.0729. The first-order valence-electron chi connectivity index (χ1n) is 4.36. The van der Waals surface area contributed by atoms with E-state index in [-0.39, 0.29) is 17.5 Å². The van der Waals surface area contributed by atoms with Gasteiger partial charge >= 0.3 is 0 Å². The minimum Gasteiger partial charge on any atom is -0.349 e. The third-order valence-electron chi connectivity index (χ3n) is 2.27. The van der Waals surface area contributed by atoms with E-state index in [2.05, 4.69) is 21.2 Å². The van der Waals surface area contributed by atoms with Crippen molar-refractivity contribution in [1.82, 2.24) is 5.32 Å². The van der Waals surface area contributed by atoms with Gasteiger partial charge in [0.15, 0.2) is 0 Å². The number of hydrogen-bond acceptors (Lipinski definition) is 1. The van der Waals surface area contributed by atoms with E-state index in [0.29, 0.717) is 10.9 Å². The van der Waals surface area contributed by atoms with Crippen LogP contribution in [0.1, 0.15) is 22.8 Å². The molecule has 1 N–H and O–H groups in total. The molecule has 74 valence electrons. The summed E-state index contributed by atoms with van der Waals surface area (Å²) >= 11 is 3.21. The molecule has 0 radical (unpaired) electrons. The molecule has 1 heterocycles. The molecule has 14 heavy (non-hydrogen) atoms. The maximum atomic E-state index is 13.4. The molecule has 1 aromatic rings. The van der Waals surface area contributed by atoms with Crippen LogP contribution in [0.2, 0.25) is 0 Å². The first-order chi connectivity index (χ1) is 6.58. The number of carbonyl (C=O) groups is 1. The van der Waals surface area contributed by atoms with Crippen molar-refractivity contribution in [3.8, 4) is 0 Å². The number of amides is 1. The number of halogens is 2. The fraction of sp³-hybridized carbons (Fsp3) is 0.300. The number of carbonyl (C=O) groups excluding carboxylic acids is 1. The first kappa shape index (κ1) is 9.65. The number of hydrogen-bond donors (Lipinski definition) is 1. The third kappa shape index (κ3) is 1.54. The molecule has 0 bridgehead atoms. The van der Waals surface area contributed by atoms with Crippen molar-refractivity contribution in [1.29, 1.82) is 0 Å². The highest BCUT2D eigenvalue weighted by Gasteiger charge is 2.24. The second-order valence-electron chi connectivity index (χ2n) is 3.50. The fourth-order valence-electron chi connectivity index (χ4n) is 1.72. The largest absolute Gasteiger partial charge is 0.349 e. The molecule has 1 amide bonds. The van der Waals surface area contributed by atoms with Gasteiger partial charge in [0.2, 0.25) is 0 Å². The summed E-state index contributed by atoms with van der Waals surface area (Å²) in [6, 6.07) is 3.19. The van der Waals surface area contributed by atoms with Crippen molar-refractivity contribution >= 4 is 21.8 Å². The molecule has 0 saturated heterocycles. The van der Waals surface area contributed by atoms with E-state index in [1.54, 1.807) is 6.07 Å². The van der Waals surface area contributed by atoms with Crippen LogP contribution in [0.15, 0.2) is 16.6 Å². The van der Waals surface area contributed by atoms with E-state index in [4.69, 9.17) is 0 Å². The molecule has 4 heteroatoms. The normalized spacial score (nSPS) is 20.2. The second kappa shape index (κ2) is 3.35. The summed E-state index contributed by atoms with van der Waals surface area (Å²) in [5.41, 5.74) is 0.958. The van der Waals surface area contributed by atoms with Gasteiger partial charge in [0, 0.05) is 10.5 Å². The molecule has 2 nitrogen and oxygen atoms in total. The molecular weight excluding hydrogens is 249 g/mol. The monoisotopic (exact) mass is 257 g/mol. The molecule has 1 aliphatic heterocycles. The molecular formula is C10H9BrFNO. The second-order valence-corrected chi connectivity index (χ2v) is 4.42. The molecule has 1 unspecified atom stereocenters. The molecule has 0 aliphatic carbocycles. The van der Waals surface area contributed by atoms with Gasteiger partial charge in [-0.05, 0) is 31.0 Å². The van der Waals surface area contributed by atoms with Crippen LogP contribution in [-0.4, -0.2) is 11.9 Å². The Labute approximate surface area is 89.6 Å². The Bertz CT molecular complexity index is 405. The fourth-order valence-corrected chi connectivity index (χ4v) is 2.20. The highest BCUT2D eigenvalue weighted by Crippen LogP contribution is 2.24. The predicted octanol–water partition coefficient (Wildman–Crippen LogP) is 2.26. The minimum atomic E-state index is -0.459. The Balaban J connectivity index is 2.59. The Hall–Kier alpha value is -0.900. The van der Waals surface area contributed by atoms with Gasteiger partial charge in [-0.3, -0.25) is 4.79 Å². The lowest BCUT2D eigenvalue weighted by Gasteiger charge is -2.22. The van der Waals surface area contributed by atoms with Gasteiger partial charge in [-0.2, -0.15) is 0 Å². The number of nitrogens with one attached hydrogen (secondary N) is 1. The lowest BCUT2D eigenvalue weighted by molar-refractivity contribution is 0.0924. The van der Waals surface area contributed by atoms with Crippen LogP contribution in [-0.2, 0) is 6.42 Å². The van der Waals surface area contributed by atoms with Crippen molar-refractivity contribution in [2.24, 2.45) is 0 Å². The Kier molecular flexibility index (Phi) is 2.31. The molecule has 1 aromatic carbocycles. The van der Waals surface area contributed by atoms with Gasteiger partial charge in [-0.15, -0.1) is 0 Å². The molecule has 0 aromatic heterocycles.